The maximum atomic E-state index is 5.40. The first-order valence-corrected chi connectivity index (χ1v) is 9.39. The molecule has 2 heteroatoms. The van der Waals surface area contributed by atoms with Crippen LogP contribution in [0.15, 0.2) is 29.3 Å². The molecule has 0 spiro atoms. The van der Waals surface area contributed by atoms with Crippen LogP contribution in [0.4, 0.5) is 0 Å². The highest BCUT2D eigenvalue weighted by Gasteiger charge is 2.05. The van der Waals surface area contributed by atoms with Gasteiger partial charge in [-0.1, -0.05) is 50.5 Å². The molecule has 0 aromatic carbocycles. The minimum absolute atomic E-state index is 0.799. The van der Waals surface area contributed by atoms with E-state index in [4.69, 9.17) is 4.74 Å². The largest absolute Gasteiger partial charge is 0.479 e. The van der Waals surface area contributed by atoms with Crippen molar-refractivity contribution in [3.05, 3.63) is 24.3 Å². The van der Waals surface area contributed by atoms with Crippen molar-refractivity contribution in [2.45, 2.75) is 84.0 Å². The van der Waals surface area contributed by atoms with Gasteiger partial charge in [0.05, 0.1) is 6.54 Å². The fraction of sp³-hybridized carbons (Fsp3) is 0.750. The lowest BCUT2D eigenvalue weighted by Crippen LogP contribution is -1.97. The van der Waals surface area contributed by atoms with E-state index in [9.17, 15) is 0 Å². The first kappa shape index (κ1) is 19.0. The second kappa shape index (κ2) is 14.9. The molecular weight excluding hydrogens is 270 g/mol. The van der Waals surface area contributed by atoms with E-state index in [1.807, 2.05) is 0 Å². The van der Waals surface area contributed by atoms with Crippen molar-refractivity contribution < 1.29 is 4.74 Å². The number of hydrogen-bond donors (Lipinski definition) is 0. The molecule has 0 aliphatic carbocycles. The van der Waals surface area contributed by atoms with E-state index >= 15 is 0 Å². The van der Waals surface area contributed by atoms with Crippen LogP contribution >= 0.6 is 0 Å². The maximum absolute atomic E-state index is 5.40. The molecule has 0 saturated heterocycles. The standard InChI is InChI=1S/C20H35NO/c1-2-3-4-5-6-7-8-9-10-11-12-13-14-15-16-17-20-21-18-19-22-20/h4-5,11-12H,2-3,6-10,13-19H2,1H3/b5-4+,12-11-. The summed E-state index contributed by atoms with van der Waals surface area (Å²) in [6.45, 7) is 3.90. The van der Waals surface area contributed by atoms with E-state index in [1.54, 1.807) is 0 Å². The SMILES string of the molecule is CCC/C=C/CCCCC/C=C\CCCCCC1=NCCO1. The van der Waals surface area contributed by atoms with Crippen LogP contribution in [0.2, 0.25) is 0 Å². The average molecular weight is 306 g/mol. The highest BCUT2D eigenvalue weighted by molar-refractivity contribution is 5.77. The van der Waals surface area contributed by atoms with Crippen molar-refractivity contribution >= 4 is 5.90 Å². The summed E-state index contributed by atoms with van der Waals surface area (Å²) in [7, 11) is 0. The van der Waals surface area contributed by atoms with E-state index in [2.05, 4.69) is 36.2 Å². The molecule has 0 aromatic rings. The fourth-order valence-corrected chi connectivity index (χ4v) is 2.59. The van der Waals surface area contributed by atoms with Crippen LogP contribution in [0.25, 0.3) is 0 Å². The highest BCUT2D eigenvalue weighted by Crippen LogP contribution is 2.09. The molecule has 0 saturated carbocycles. The molecule has 126 valence electrons. The van der Waals surface area contributed by atoms with Gasteiger partial charge in [0.25, 0.3) is 0 Å². The first-order chi connectivity index (χ1) is 10.9. The molecule has 0 amide bonds. The van der Waals surface area contributed by atoms with Gasteiger partial charge in [0.2, 0.25) is 0 Å². The summed E-state index contributed by atoms with van der Waals surface area (Å²) in [5.74, 6) is 0.986. The summed E-state index contributed by atoms with van der Waals surface area (Å²) < 4.78 is 5.40. The van der Waals surface area contributed by atoms with Gasteiger partial charge in [-0.3, -0.25) is 4.99 Å². The quantitative estimate of drug-likeness (QED) is 0.275. The smallest absolute Gasteiger partial charge is 0.183 e. The minimum atomic E-state index is 0.799. The number of rotatable bonds is 14. The van der Waals surface area contributed by atoms with Crippen LogP contribution in [-0.2, 0) is 4.74 Å². The number of nitrogens with zero attached hydrogens (tertiary/aromatic N) is 1. The lowest BCUT2D eigenvalue weighted by molar-refractivity contribution is 0.336. The Hall–Kier alpha value is -1.05. The zero-order chi connectivity index (χ0) is 15.7. The second-order valence-electron chi connectivity index (χ2n) is 6.09. The molecule has 0 N–H and O–H groups in total. The van der Waals surface area contributed by atoms with E-state index < -0.39 is 0 Å². The number of hydrogen-bond acceptors (Lipinski definition) is 2. The van der Waals surface area contributed by atoms with E-state index in [0.29, 0.717) is 0 Å². The second-order valence-corrected chi connectivity index (χ2v) is 6.09. The van der Waals surface area contributed by atoms with E-state index in [1.165, 1.54) is 70.6 Å². The Balaban J connectivity index is 1.76. The molecule has 0 bridgehead atoms. The lowest BCUT2D eigenvalue weighted by Gasteiger charge is -2.00. The van der Waals surface area contributed by atoms with Crippen molar-refractivity contribution in [3.8, 4) is 0 Å². The van der Waals surface area contributed by atoms with Crippen molar-refractivity contribution in [1.82, 2.24) is 0 Å². The Morgan fingerprint density at radius 2 is 1.41 bits per heavy atom. The van der Waals surface area contributed by atoms with Crippen LogP contribution < -0.4 is 0 Å². The third-order valence-electron chi connectivity index (χ3n) is 3.94. The van der Waals surface area contributed by atoms with Crippen LogP contribution in [0, 0.1) is 0 Å². The molecule has 1 aliphatic rings. The van der Waals surface area contributed by atoms with Gasteiger partial charge < -0.3 is 4.74 Å². The van der Waals surface area contributed by atoms with Gasteiger partial charge in [0.15, 0.2) is 5.90 Å². The highest BCUT2D eigenvalue weighted by atomic mass is 16.5. The summed E-state index contributed by atoms with van der Waals surface area (Å²) in [5, 5.41) is 0. The Morgan fingerprint density at radius 1 is 0.818 bits per heavy atom. The van der Waals surface area contributed by atoms with Gasteiger partial charge in [-0.05, 0) is 51.4 Å². The predicted molar refractivity (Wildman–Crippen MR) is 97.6 cm³/mol. The summed E-state index contributed by atoms with van der Waals surface area (Å²) >= 11 is 0. The molecule has 0 fully saturated rings. The average Bonchev–Trinajstić information content (AvgIpc) is 3.04. The number of aliphatic imine (C=N–C) groups is 1. The van der Waals surface area contributed by atoms with Crippen molar-refractivity contribution in [1.29, 1.82) is 0 Å². The number of ether oxygens (including phenoxy) is 1. The Morgan fingerprint density at radius 3 is 1.95 bits per heavy atom. The van der Waals surface area contributed by atoms with E-state index in [-0.39, 0.29) is 0 Å². The summed E-state index contributed by atoms with van der Waals surface area (Å²) in [6.07, 6.45) is 24.6. The molecule has 0 radical (unpaired) electrons. The summed E-state index contributed by atoms with van der Waals surface area (Å²) in [4.78, 5) is 4.32. The van der Waals surface area contributed by atoms with Gasteiger partial charge in [-0.25, -0.2) is 0 Å². The minimum Gasteiger partial charge on any atom is -0.479 e. The first-order valence-electron chi connectivity index (χ1n) is 9.39. The topological polar surface area (TPSA) is 21.6 Å². The molecule has 1 aliphatic heterocycles. The molecule has 22 heavy (non-hydrogen) atoms. The van der Waals surface area contributed by atoms with Gasteiger partial charge in [-0.15, -0.1) is 0 Å². The molecule has 0 unspecified atom stereocenters. The Bertz CT molecular complexity index is 331. The molecule has 1 heterocycles. The lowest BCUT2D eigenvalue weighted by atomic mass is 10.1. The number of unbranched alkanes of at least 4 members (excludes halogenated alkanes) is 8. The summed E-state index contributed by atoms with van der Waals surface area (Å²) in [5.41, 5.74) is 0. The monoisotopic (exact) mass is 305 g/mol. The van der Waals surface area contributed by atoms with Crippen LogP contribution in [0.3, 0.4) is 0 Å². The predicted octanol–water partition coefficient (Wildman–Crippen LogP) is 6.23. The number of allylic oxidation sites excluding steroid dienone is 4. The fourth-order valence-electron chi connectivity index (χ4n) is 2.59. The van der Waals surface area contributed by atoms with Crippen LogP contribution in [0.1, 0.15) is 84.0 Å². The van der Waals surface area contributed by atoms with Crippen LogP contribution in [0.5, 0.6) is 0 Å². The molecule has 0 atom stereocenters. The summed E-state index contributed by atoms with van der Waals surface area (Å²) in [6, 6.07) is 0. The van der Waals surface area contributed by atoms with Crippen molar-refractivity contribution in [3.63, 3.8) is 0 Å². The van der Waals surface area contributed by atoms with Gasteiger partial charge in [-0.2, -0.15) is 0 Å². The molecule has 2 nitrogen and oxygen atoms in total. The van der Waals surface area contributed by atoms with Crippen molar-refractivity contribution in [2.24, 2.45) is 4.99 Å². The van der Waals surface area contributed by atoms with Gasteiger partial charge in [0, 0.05) is 6.42 Å². The Kier molecular flexibility index (Phi) is 12.8. The van der Waals surface area contributed by atoms with Gasteiger partial charge >= 0.3 is 0 Å². The zero-order valence-corrected chi connectivity index (χ0v) is 14.6. The normalized spacial score (nSPS) is 14.9. The maximum Gasteiger partial charge on any atom is 0.183 e. The third-order valence-corrected chi connectivity index (χ3v) is 3.94. The third kappa shape index (κ3) is 11.6. The molecular formula is C20H35NO. The van der Waals surface area contributed by atoms with Crippen LogP contribution in [-0.4, -0.2) is 19.0 Å². The zero-order valence-electron chi connectivity index (χ0n) is 14.6. The van der Waals surface area contributed by atoms with Crippen molar-refractivity contribution in [2.75, 3.05) is 13.2 Å². The molecule has 0 aromatic heterocycles. The van der Waals surface area contributed by atoms with Gasteiger partial charge in [0.1, 0.15) is 6.61 Å². The molecule has 1 rings (SSSR count). The van der Waals surface area contributed by atoms with E-state index in [0.717, 1.165) is 25.5 Å². The Labute approximate surface area is 137 Å².